The van der Waals surface area contributed by atoms with Crippen molar-refractivity contribution in [1.82, 2.24) is 15.5 Å². The monoisotopic (exact) mass is 293 g/mol. The molecule has 1 aromatic rings. The van der Waals surface area contributed by atoms with Crippen molar-refractivity contribution in [2.24, 2.45) is 5.84 Å². The van der Waals surface area contributed by atoms with Crippen LogP contribution in [0.25, 0.3) is 0 Å². The van der Waals surface area contributed by atoms with Crippen LogP contribution < -0.4 is 16.6 Å². The summed E-state index contributed by atoms with van der Waals surface area (Å²) >= 11 is 0. The van der Waals surface area contributed by atoms with Crippen LogP contribution in [-0.2, 0) is 0 Å². The molecule has 0 aliphatic heterocycles. The number of unbranched alkanes of at least 4 members (excludes halogenated alkanes) is 7. The van der Waals surface area contributed by atoms with Gasteiger partial charge in [-0.1, -0.05) is 51.9 Å². The number of amides is 1. The topological polar surface area (TPSA) is 92.9 Å². The van der Waals surface area contributed by atoms with Gasteiger partial charge in [0.05, 0.1) is 0 Å². The Hall–Kier alpha value is -1.69. The van der Waals surface area contributed by atoms with Gasteiger partial charge in [-0.3, -0.25) is 4.79 Å². The Balaban J connectivity index is 2.05. The van der Waals surface area contributed by atoms with Crippen LogP contribution in [0.3, 0.4) is 0 Å². The summed E-state index contributed by atoms with van der Waals surface area (Å²) in [5.41, 5.74) is 2.69. The average Bonchev–Trinajstić information content (AvgIpc) is 2.53. The van der Waals surface area contributed by atoms with Gasteiger partial charge in [-0.2, -0.15) is 0 Å². The van der Waals surface area contributed by atoms with E-state index in [1.807, 2.05) is 0 Å². The Bertz CT molecular complexity index is 394. The number of nitrogens with zero attached hydrogens (tertiary/aromatic N) is 2. The van der Waals surface area contributed by atoms with Gasteiger partial charge in [-0.25, -0.2) is 5.84 Å². The second-order valence-corrected chi connectivity index (χ2v) is 5.18. The van der Waals surface area contributed by atoms with E-state index < -0.39 is 0 Å². The number of carbonyl (C=O) groups excluding carboxylic acids is 1. The summed E-state index contributed by atoms with van der Waals surface area (Å²) in [7, 11) is 0. The van der Waals surface area contributed by atoms with Crippen molar-refractivity contribution < 1.29 is 4.79 Å². The van der Waals surface area contributed by atoms with Gasteiger partial charge in [0, 0.05) is 6.54 Å². The van der Waals surface area contributed by atoms with Crippen LogP contribution in [0.4, 0.5) is 5.82 Å². The van der Waals surface area contributed by atoms with Gasteiger partial charge in [0.25, 0.3) is 5.91 Å². The Morgan fingerprint density at radius 3 is 2.29 bits per heavy atom. The maximum atomic E-state index is 11.8. The van der Waals surface area contributed by atoms with E-state index in [2.05, 4.69) is 27.9 Å². The molecule has 0 radical (unpaired) electrons. The van der Waals surface area contributed by atoms with Gasteiger partial charge >= 0.3 is 0 Å². The van der Waals surface area contributed by atoms with Crippen molar-refractivity contribution in [2.75, 3.05) is 12.0 Å². The summed E-state index contributed by atoms with van der Waals surface area (Å²) in [5, 5.41) is 10.4. The van der Waals surface area contributed by atoms with Gasteiger partial charge in [0.2, 0.25) is 0 Å². The Morgan fingerprint density at radius 2 is 1.71 bits per heavy atom. The first-order valence-electron chi connectivity index (χ1n) is 7.86. The zero-order valence-electron chi connectivity index (χ0n) is 12.9. The quantitative estimate of drug-likeness (QED) is 0.331. The Morgan fingerprint density at radius 1 is 1.05 bits per heavy atom. The highest BCUT2D eigenvalue weighted by Gasteiger charge is 2.06. The molecule has 0 saturated carbocycles. The van der Waals surface area contributed by atoms with Crippen molar-refractivity contribution in [2.45, 2.75) is 58.3 Å². The summed E-state index contributed by atoms with van der Waals surface area (Å²) in [4.78, 5) is 11.8. The molecular weight excluding hydrogens is 266 g/mol. The molecule has 4 N–H and O–H groups in total. The summed E-state index contributed by atoms with van der Waals surface area (Å²) < 4.78 is 0. The van der Waals surface area contributed by atoms with E-state index in [9.17, 15) is 4.79 Å². The van der Waals surface area contributed by atoms with Crippen LogP contribution in [0.1, 0.15) is 68.8 Å². The van der Waals surface area contributed by atoms with Crippen LogP contribution in [-0.4, -0.2) is 22.6 Å². The highest BCUT2D eigenvalue weighted by molar-refractivity contribution is 5.92. The molecule has 1 aromatic heterocycles. The number of carbonyl (C=O) groups is 1. The minimum absolute atomic E-state index is 0.186. The van der Waals surface area contributed by atoms with Crippen molar-refractivity contribution in [3.63, 3.8) is 0 Å². The largest absolute Gasteiger partial charge is 0.351 e. The van der Waals surface area contributed by atoms with Crippen LogP contribution in [0.5, 0.6) is 0 Å². The first-order valence-corrected chi connectivity index (χ1v) is 7.86. The van der Waals surface area contributed by atoms with Crippen molar-refractivity contribution in [3.8, 4) is 0 Å². The molecule has 1 heterocycles. The molecule has 0 aliphatic carbocycles. The third-order valence-corrected chi connectivity index (χ3v) is 3.36. The molecule has 6 heteroatoms. The van der Waals surface area contributed by atoms with E-state index in [-0.39, 0.29) is 5.91 Å². The fourth-order valence-corrected chi connectivity index (χ4v) is 2.08. The predicted octanol–water partition coefficient (Wildman–Crippen LogP) is 2.63. The van der Waals surface area contributed by atoms with E-state index in [1.54, 1.807) is 12.1 Å². The molecule has 1 rings (SSSR count). The minimum atomic E-state index is -0.186. The molecule has 118 valence electrons. The van der Waals surface area contributed by atoms with Gasteiger partial charge < -0.3 is 10.7 Å². The molecular formula is C15H27N5O. The van der Waals surface area contributed by atoms with Crippen molar-refractivity contribution in [3.05, 3.63) is 17.8 Å². The molecule has 0 saturated heterocycles. The first kappa shape index (κ1) is 17.4. The third kappa shape index (κ3) is 7.60. The Kier molecular flexibility index (Phi) is 9.11. The van der Waals surface area contributed by atoms with E-state index in [1.165, 1.54) is 38.5 Å². The van der Waals surface area contributed by atoms with Crippen LogP contribution in [0, 0.1) is 0 Å². The van der Waals surface area contributed by atoms with E-state index >= 15 is 0 Å². The van der Waals surface area contributed by atoms with Gasteiger partial charge in [-0.15, -0.1) is 10.2 Å². The van der Waals surface area contributed by atoms with Gasteiger partial charge in [0.1, 0.15) is 0 Å². The lowest BCUT2D eigenvalue weighted by molar-refractivity contribution is 0.0947. The molecule has 0 aromatic carbocycles. The number of nitrogens with one attached hydrogen (secondary N) is 2. The van der Waals surface area contributed by atoms with Crippen molar-refractivity contribution in [1.29, 1.82) is 0 Å². The number of hydrazine groups is 1. The number of nitrogens with two attached hydrogens (primary N) is 1. The number of hydrogen-bond donors (Lipinski definition) is 3. The fourth-order valence-electron chi connectivity index (χ4n) is 2.08. The summed E-state index contributed by atoms with van der Waals surface area (Å²) in [6.07, 6.45) is 10.0. The predicted molar refractivity (Wildman–Crippen MR) is 84.8 cm³/mol. The van der Waals surface area contributed by atoms with E-state index in [4.69, 9.17) is 5.84 Å². The molecule has 0 fully saturated rings. The maximum absolute atomic E-state index is 11.8. The smallest absolute Gasteiger partial charge is 0.271 e. The minimum Gasteiger partial charge on any atom is -0.351 e. The fraction of sp³-hybridized carbons (Fsp3) is 0.667. The zero-order chi connectivity index (χ0) is 15.3. The number of rotatable bonds is 11. The molecule has 0 atom stereocenters. The lowest BCUT2D eigenvalue weighted by Crippen LogP contribution is -2.25. The number of aromatic nitrogens is 2. The summed E-state index contributed by atoms with van der Waals surface area (Å²) in [5.74, 6) is 5.44. The van der Waals surface area contributed by atoms with Crippen LogP contribution in [0.15, 0.2) is 12.1 Å². The molecule has 6 nitrogen and oxygen atoms in total. The lowest BCUT2D eigenvalue weighted by atomic mass is 10.1. The number of hydrogen-bond acceptors (Lipinski definition) is 5. The van der Waals surface area contributed by atoms with E-state index in [0.717, 1.165) is 12.8 Å². The molecule has 21 heavy (non-hydrogen) atoms. The summed E-state index contributed by atoms with van der Waals surface area (Å²) in [6.45, 7) is 2.92. The highest BCUT2D eigenvalue weighted by atomic mass is 16.1. The highest BCUT2D eigenvalue weighted by Crippen LogP contribution is 2.08. The van der Waals surface area contributed by atoms with E-state index in [0.29, 0.717) is 18.1 Å². The molecule has 0 bridgehead atoms. The van der Waals surface area contributed by atoms with Crippen LogP contribution in [0.2, 0.25) is 0 Å². The zero-order valence-corrected chi connectivity index (χ0v) is 12.9. The third-order valence-electron chi connectivity index (χ3n) is 3.36. The molecule has 0 spiro atoms. The second kappa shape index (κ2) is 11.0. The maximum Gasteiger partial charge on any atom is 0.271 e. The van der Waals surface area contributed by atoms with Crippen LogP contribution >= 0.6 is 0 Å². The molecule has 0 unspecified atom stereocenters. The standard InChI is InChI=1S/C15H27N5O/c1-2-3-4-5-6-7-8-9-12-17-15(21)13-10-11-14(18-16)20-19-13/h10-11H,2-9,12,16H2,1H3,(H,17,21)(H,18,20). The molecule has 1 amide bonds. The number of anilines is 1. The first-order chi connectivity index (χ1) is 10.3. The van der Waals surface area contributed by atoms with Gasteiger partial charge in [0.15, 0.2) is 11.5 Å². The lowest BCUT2D eigenvalue weighted by Gasteiger charge is -2.05. The number of nitrogen functional groups attached to an aromatic ring is 1. The van der Waals surface area contributed by atoms with Gasteiger partial charge in [-0.05, 0) is 18.6 Å². The average molecular weight is 293 g/mol. The van der Waals surface area contributed by atoms with Crippen molar-refractivity contribution >= 4 is 11.7 Å². The second-order valence-electron chi connectivity index (χ2n) is 5.18. The Labute approximate surface area is 126 Å². The SMILES string of the molecule is CCCCCCCCCCNC(=O)c1ccc(NN)nn1. The normalized spacial score (nSPS) is 10.4. The summed E-state index contributed by atoms with van der Waals surface area (Å²) in [6, 6.07) is 3.23. The molecule has 0 aliphatic rings.